The Kier molecular flexibility index (Phi) is 3.21. The molecule has 0 saturated carbocycles. The van der Waals surface area contributed by atoms with Gasteiger partial charge in [0.1, 0.15) is 11.6 Å². The van der Waals surface area contributed by atoms with E-state index >= 15 is 0 Å². The van der Waals surface area contributed by atoms with Gasteiger partial charge in [-0.3, -0.25) is 0 Å². The van der Waals surface area contributed by atoms with Crippen LogP contribution in [0.25, 0.3) is 5.65 Å². The molecule has 7 heteroatoms. The van der Waals surface area contributed by atoms with Gasteiger partial charge in [0.15, 0.2) is 5.65 Å². The predicted octanol–water partition coefficient (Wildman–Crippen LogP) is 0.290. The molecule has 2 aromatic heterocycles. The number of hydrogen-bond acceptors (Lipinski definition) is 5. The van der Waals surface area contributed by atoms with Crippen LogP contribution in [0, 0.1) is 12.8 Å². The zero-order chi connectivity index (χ0) is 14.3. The lowest BCUT2D eigenvalue weighted by atomic mass is 9.91. The van der Waals surface area contributed by atoms with Crippen molar-refractivity contribution in [2.45, 2.75) is 32.7 Å². The molecule has 3 heterocycles. The quantitative estimate of drug-likeness (QED) is 0.822. The van der Waals surface area contributed by atoms with E-state index in [0.29, 0.717) is 30.0 Å². The molecule has 1 aliphatic rings. The van der Waals surface area contributed by atoms with Crippen molar-refractivity contribution in [3.63, 3.8) is 0 Å². The first-order chi connectivity index (χ1) is 9.61. The molecule has 3 N–H and O–H groups in total. The van der Waals surface area contributed by atoms with E-state index in [9.17, 15) is 4.79 Å². The number of rotatable bonds is 2. The first-order valence-corrected chi connectivity index (χ1v) is 7.03. The number of H-pyrrole nitrogens is 1. The van der Waals surface area contributed by atoms with E-state index in [1.54, 1.807) is 0 Å². The van der Waals surface area contributed by atoms with Gasteiger partial charge >= 0.3 is 5.69 Å². The summed E-state index contributed by atoms with van der Waals surface area (Å²) < 4.78 is 1.48. The molecule has 20 heavy (non-hydrogen) atoms. The van der Waals surface area contributed by atoms with Crippen molar-refractivity contribution in [3.8, 4) is 0 Å². The highest BCUT2D eigenvalue weighted by molar-refractivity contribution is 5.52. The van der Waals surface area contributed by atoms with Crippen LogP contribution in [0.2, 0.25) is 0 Å². The first kappa shape index (κ1) is 13.1. The Hall–Kier alpha value is -1.89. The average Bonchev–Trinajstić information content (AvgIpc) is 2.80. The molecule has 0 aromatic carbocycles. The van der Waals surface area contributed by atoms with Crippen LogP contribution in [0.4, 0.5) is 5.82 Å². The second kappa shape index (κ2) is 4.90. The maximum atomic E-state index is 11.6. The smallest absolute Gasteiger partial charge is 0.349 e. The number of fused-ring (bicyclic) bond motifs is 1. The molecule has 1 saturated heterocycles. The summed E-state index contributed by atoms with van der Waals surface area (Å²) in [5.74, 6) is 2.05. The fourth-order valence-electron chi connectivity index (χ4n) is 3.12. The van der Waals surface area contributed by atoms with Gasteiger partial charge in [0.25, 0.3) is 0 Å². The molecule has 3 rings (SSSR count). The van der Waals surface area contributed by atoms with Gasteiger partial charge in [0.05, 0.1) is 0 Å². The highest BCUT2D eigenvalue weighted by atomic mass is 16.1. The minimum Gasteiger partial charge on any atom is -0.352 e. The Balaban J connectivity index is 2.07. The van der Waals surface area contributed by atoms with Crippen molar-refractivity contribution in [2.75, 3.05) is 18.0 Å². The summed E-state index contributed by atoms with van der Waals surface area (Å²) in [5.41, 5.74) is 6.28. The van der Waals surface area contributed by atoms with Crippen LogP contribution in [0.1, 0.15) is 25.6 Å². The third-order valence-corrected chi connectivity index (χ3v) is 4.21. The topological polar surface area (TPSA) is 92.3 Å². The van der Waals surface area contributed by atoms with Crippen LogP contribution < -0.4 is 16.3 Å². The average molecular weight is 276 g/mol. The molecule has 0 bridgehead atoms. The van der Waals surface area contributed by atoms with Gasteiger partial charge in [0, 0.05) is 25.2 Å². The molecule has 108 valence electrons. The summed E-state index contributed by atoms with van der Waals surface area (Å²) in [5, 5.41) is 6.49. The molecule has 2 atom stereocenters. The highest BCUT2D eigenvalue weighted by Gasteiger charge is 2.28. The number of nitrogens with one attached hydrogen (secondary N) is 1. The van der Waals surface area contributed by atoms with Crippen molar-refractivity contribution < 1.29 is 0 Å². The fraction of sp³-hybridized carbons (Fsp3) is 0.615. The zero-order valence-corrected chi connectivity index (χ0v) is 11.8. The van der Waals surface area contributed by atoms with Crippen LogP contribution in [-0.4, -0.2) is 38.7 Å². The van der Waals surface area contributed by atoms with E-state index in [1.807, 2.05) is 13.0 Å². The molecule has 1 fully saturated rings. The number of nitrogens with zero attached hydrogens (tertiary/aromatic N) is 4. The van der Waals surface area contributed by atoms with Crippen molar-refractivity contribution in [1.29, 1.82) is 0 Å². The monoisotopic (exact) mass is 276 g/mol. The molecular weight excluding hydrogens is 256 g/mol. The second-order valence-corrected chi connectivity index (χ2v) is 5.50. The number of piperidine rings is 1. The van der Waals surface area contributed by atoms with Crippen molar-refractivity contribution in [1.82, 2.24) is 19.6 Å². The summed E-state index contributed by atoms with van der Waals surface area (Å²) in [6.07, 6.45) is 2.33. The summed E-state index contributed by atoms with van der Waals surface area (Å²) in [7, 11) is 0. The van der Waals surface area contributed by atoms with E-state index < -0.39 is 0 Å². The van der Waals surface area contributed by atoms with Crippen LogP contribution in [0.3, 0.4) is 0 Å². The van der Waals surface area contributed by atoms with Gasteiger partial charge in [-0.25, -0.2) is 19.3 Å². The Morgan fingerprint density at radius 2 is 2.35 bits per heavy atom. The maximum absolute atomic E-state index is 11.6. The van der Waals surface area contributed by atoms with Gasteiger partial charge in [-0.1, -0.05) is 6.92 Å². The standard InChI is InChI=1S/C13H20N6O/c1-8-4-3-5-18(10(8)7-14)11-6-12-16-17-13(20)19(12)9(2)15-11/h6,8,10H,3-5,7,14H2,1-2H3,(H,17,20). The number of aromatic amines is 1. The zero-order valence-electron chi connectivity index (χ0n) is 11.8. The molecule has 2 aromatic rings. The molecule has 0 aliphatic carbocycles. The van der Waals surface area contributed by atoms with Gasteiger partial charge in [0.2, 0.25) is 0 Å². The molecule has 0 spiro atoms. The Labute approximate surface area is 116 Å². The van der Waals surface area contributed by atoms with Gasteiger partial charge < -0.3 is 10.6 Å². The highest BCUT2D eigenvalue weighted by Crippen LogP contribution is 2.27. The van der Waals surface area contributed by atoms with E-state index in [0.717, 1.165) is 18.8 Å². The summed E-state index contributed by atoms with van der Waals surface area (Å²) in [6, 6.07) is 2.15. The molecule has 1 aliphatic heterocycles. The molecule has 0 amide bonds. The third kappa shape index (κ3) is 1.98. The lowest BCUT2D eigenvalue weighted by Gasteiger charge is -2.40. The second-order valence-electron chi connectivity index (χ2n) is 5.50. The number of anilines is 1. The summed E-state index contributed by atoms with van der Waals surface area (Å²) >= 11 is 0. The number of aromatic nitrogens is 4. The lowest BCUT2D eigenvalue weighted by molar-refractivity contribution is 0.348. The molecule has 2 unspecified atom stereocenters. The third-order valence-electron chi connectivity index (χ3n) is 4.21. The van der Waals surface area contributed by atoms with Crippen molar-refractivity contribution >= 4 is 11.5 Å². The molecular formula is C13H20N6O. The largest absolute Gasteiger partial charge is 0.352 e. The summed E-state index contributed by atoms with van der Waals surface area (Å²) in [6.45, 7) is 5.61. The SMILES string of the molecule is Cc1nc(N2CCCC(C)C2CN)cc2n[nH]c(=O)n12. The number of aryl methyl sites for hydroxylation is 1. The molecule has 0 radical (unpaired) electrons. The fourth-order valence-corrected chi connectivity index (χ4v) is 3.12. The Morgan fingerprint density at radius 3 is 3.10 bits per heavy atom. The van der Waals surface area contributed by atoms with Gasteiger partial charge in [-0.15, -0.1) is 0 Å². The minimum absolute atomic E-state index is 0.251. The van der Waals surface area contributed by atoms with Crippen LogP contribution in [0.15, 0.2) is 10.9 Å². The van der Waals surface area contributed by atoms with E-state index in [2.05, 4.69) is 27.0 Å². The van der Waals surface area contributed by atoms with Crippen LogP contribution in [-0.2, 0) is 0 Å². The number of nitrogens with two attached hydrogens (primary N) is 1. The summed E-state index contributed by atoms with van der Waals surface area (Å²) in [4.78, 5) is 18.4. The Bertz CT molecular complexity index is 675. The van der Waals surface area contributed by atoms with E-state index in [-0.39, 0.29) is 5.69 Å². The van der Waals surface area contributed by atoms with E-state index in [4.69, 9.17) is 5.73 Å². The van der Waals surface area contributed by atoms with Crippen LogP contribution >= 0.6 is 0 Å². The first-order valence-electron chi connectivity index (χ1n) is 7.03. The van der Waals surface area contributed by atoms with E-state index in [1.165, 1.54) is 10.8 Å². The van der Waals surface area contributed by atoms with Crippen molar-refractivity contribution in [3.05, 3.63) is 22.4 Å². The van der Waals surface area contributed by atoms with Crippen molar-refractivity contribution in [2.24, 2.45) is 11.7 Å². The molecule has 7 nitrogen and oxygen atoms in total. The van der Waals surface area contributed by atoms with Gasteiger partial charge in [-0.2, -0.15) is 5.10 Å². The minimum atomic E-state index is -0.251. The normalized spacial score (nSPS) is 23.4. The number of hydrogen-bond donors (Lipinski definition) is 2. The predicted molar refractivity (Wildman–Crippen MR) is 76.9 cm³/mol. The van der Waals surface area contributed by atoms with Crippen LogP contribution in [0.5, 0.6) is 0 Å². The van der Waals surface area contributed by atoms with Gasteiger partial charge in [-0.05, 0) is 25.7 Å². The lowest BCUT2D eigenvalue weighted by Crippen LogP contribution is -2.49. The Morgan fingerprint density at radius 1 is 1.55 bits per heavy atom. The maximum Gasteiger partial charge on any atom is 0.349 e.